The van der Waals surface area contributed by atoms with Crippen LogP contribution in [-0.2, 0) is 16.0 Å². The van der Waals surface area contributed by atoms with E-state index in [0.29, 0.717) is 18.0 Å². The van der Waals surface area contributed by atoms with Gasteiger partial charge in [-0.25, -0.2) is 0 Å². The zero-order valence-corrected chi connectivity index (χ0v) is 16.1. The third-order valence-electron chi connectivity index (χ3n) is 4.56. The Morgan fingerprint density at radius 1 is 1.26 bits per heavy atom. The molecule has 2 N–H and O–H groups in total. The molecule has 0 unspecified atom stereocenters. The first kappa shape index (κ1) is 17.6. The number of para-hydroxylation sites is 1. The standard InChI is InChI=1S/C20H18BrN3O3/c21-14-5-6-17-18(9-14)27-12-20(26)24(17)11-19(25)22-8-7-13-10-23-16-4-2-1-3-15(13)16/h1-6,9-10,23H,7-8,11-12H2,(H,22,25). The third-order valence-corrected chi connectivity index (χ3v) is 5.05. The maximum absolute atomic E-state index is 12.4. The van der Waals surface area contributed by atoms with Gasteiger partial charge in [0.25, 0.3) is 5.91 Å². The van der Waals surface area contributed by atoms with Gasteiger partial charge in [0.15, 0.2) is 6.61 Å². The minimum atomic E-state index is -0.225. The van der Waals surface area contributed by atoms with Gasteiger partial charge in [0, 0.05) is 28.1 Å². The van der Waals surface area contributed by atoms with Crippen LogP contribution in [0.15, 0.2) is 53.1 Å². The Kier molecular flexibility index (Phi) is 4.85. The Morgan fingerprint density at radius 2 is 2.11 bits per heavy atom. The van der Waals surface area contributed by atoms with Crippen LogP contribution >= 0.6 is 15.9 Å². The van der Waals surface area contributed by atoms with Crippen molar-refractivity contribution in [3.05, 3.63) is 58.7 Å². The van der Waals surface area contributed by atoms with E-state index in [9.17, 15) is 9.59 Å². The molecule has 0 saturated heterocycles. The molecular weight excluding hydrogens is 410 g/mol. The van der Waals surface area contributed by atoms with E-state index in [-0.39, 0.29) is 25.0 Å². The van der Waals surface area contributed by atoms with E-state index >= 15 is 0 Å². The van der Waals surface area contributed by atoms with Crippen molar-refractivity contribution >= 4 is 44.3 Å². The third kappa shape index (κ3) is 3.68. The van der Waals surface area contributed by atoms with Crippen molar-refractivity contribution < 1.29 is 14.3 Å². The Hall–Kier alpha value is -2.80. The lowest BCUT2D eigenvalue weighted by atomic mass is 10.1. The fourth-order valence-electron chi connectivity index (χ4n) is 3.23. The monoisotopic (exact) mass is 427 g/mol. The van der Waals surface area contributed by atoms with Crippen LogP contribution in [-0.4, -0.2) is 36.5 Å². The van der Waals surface area contributed by atoms with Crippen molar-refractivity contribution in [3.63, 3.8) is 0 Å². The second-order valence-electron chi connectivity index (χ2n) is 6.34. The second-order valence-corrected chi connectivity index (χ2v) is 7.26. The highest BCUT2D eigenvalue weighted by atomic mass is 79.9. The summed E-state index contributed by atoms with van der Waals surface area (Å²) in [4.78, 5) is 29.2. The van der Waals surface area contributed by atoms with Crippen LogP contribution in [0.3, 0.4) is 0 Å². The summed E-state index contributed by atoms with van der Waals surface area (Å²) >= 11 is 3.38. The molecule has 27 heavy (non-hydrogen) atoms. The molecule has 0 spiro atoms. The Morgan fingerprint density at radius 3 is 3.00 bits per heavy atom. The van der Waals surface area contributed by atoms with Gasteiger partial charge in [0.2, 0.25) is 5.91 Å². The minimum absolute atomic E-state index is 0.0231. The molecule has 1 aromatic heterocycles. The number of aromatic nitrogens is 1. The fourth-order valence-corrected chi connectivity index (χ4v) is 3.57. The molecule has 3 aromatic rings. The molecule has 1 aliphatic rings. The summed E-state index contributed by atoms with van der Waals surface area (Å²) in [6.07, 6.45) is 2.69. The van der Waals surface area contributed by atoms with Crippen LogP contribution < -0.4 is 15.0 Å². The first-order valence-corrected chi connectivity index (χ1v) is 9.45. The summed E-state index contributed by atoms with van der Waals surface area (Å²) in [7, 11) is 0. The van der Waals surface area contributed by atoms with E-state index < -0.39 is 0 Å². The Bertz CT molecular complexity index is 1010. The minimum Gasteiger partial charge on any atom is -0.482 e. The fraction of sp³-hybridized carbons (Fsp3) is 0.200. The van der Waals surface area contributed by atoms with Crippen molar-refractivity contribution in [1.82, 2.24) is 10.3 Å². The molecule has 0 saturated carbocycles. The first-order chi connectivity index (χ1) is 13.1. The number of hydrogen-bond acceptors (Lipinski definition) is 3. The second kappa shape index (κ2) is 7.44. The number of halogens is 1. The Labute approximate surface area is 164 Å². The highest BCUT2D eigenvalue weighted by Crippen LogP contribution is 2.34. The van der Waals surface area contributed by atoms with Crippen LogP contribution in [0.1, 0.15) is 5.56 Å². The number of carbonyl (C=O) groups is 2. The summed E-state index contributed by atoms with van der Waals surface area (Å²) in [5.74, 6) is 0.172. The number of H-pyrrole nitrogens is 1. The van der Waals surface area contributed by atoms with Gasteiger partial charge < -0.3 is 15.0 Å². The topological polar surface area (TPSA) is 74.4 Å². The lowest BCUT2D eigenvalue weighted by Crippen LogP contribution is -2.45. The number of anilines is 1. The van der Waals surface area contributed by atoms with E-state index in [4.69, 9.17) is 4.74 Å². The molecule has 138 valence electrons. The molecule has 1 aliphatic heterocycles. The van der Waals surface area contributed by atoms with Gasteiger partial charge in [0.1, 0.15) is 12.3 Å². The van der Waals surface area contributed by atoms with Crippen molar-refractivity contribution in [1.29, 1.82) is 0 Å². The number of aromatic amines is 1. The molecule has 0 fully saturated rings. The molecule has 0 radical (unpaired) electrons. The predicted octanol–water partition coefficient (Wildman–Crippen LogP) is 3.01. The van der Waals surface area contributed by atoms with E-state index in [1.165, 1.54) is 4.90 Å². The quantitative estimate of drug-likeness (QED) is 0.656. The molecule has 4 rings (SSSR count). The Balaban J connectivity index is 1.38. The van der Waals surface area contributed by atoms with Crippen molar-refractivity contribution in [3.8, 4) is 5.75 Å². The number of hydrogen-bond donors (Lipinski definition) is 2. The SMILES string of the molecule is O=C(CN1C(=O)COc2cc(Br)ccc21)NCCc1c[nH]c2ccccc12. The molecule has 7 heteroatoms. The van der Waals surface area contributed by atoms with Crippen LogP contribution in [0.2, 0.25) is 0 Å². The van der Waals surface area contributed by atoms with Crippen LogP contribution in [0, 0.1) is 0 Å². The molecular formula is C20H18BrN3O3. The first-order valence-electron chi connectivity index (χ1n) is 8.66. The number of carbonyl (C=O) groups excluding carboxylic acids is 2. The zero-order valence-electron chi connectivity index (χ0n) is 14.5. The number of ether oxygens (including phenoxy) is 1. The normalized spacial score (nSPS) is 13.4. The summed E-state index contributed by atoms with van der Waals surface area (Å²) in [6.45, 7) is 0.420. The number of nitrogens with zero attached hydrogens (tertiary/aromatic N) is 1. The van der Waals surface area contributed by atoms with E-state index in [1.54, 1.807) is 12.1 Å². The van der Waals surface area contributed by atoms with Crippen molar-refractivity contribution in [2.45, 2.75) is 6.42 Å². The summed E-state index contributed by atoms with van der Waals surface area (Å²) in [5, 5.41) is 4.06. The van der Waals surface area contributed by atoms with E-state index in [1.807, 2.05) is 30.5 Å². The predicted molar refractivity (Wildman–Crippen MR) is 107 cm³/mol. The summed E-state index contributed by atoms with van der Waals surface area (Å²) in [5.41, 5.74) is 2.85. The average molecular weight is 428 g/mol. The van der Waals surface area contributed by atoms with Crippen LogP contribution in [0.5, 0.6) is 5.75 Å². The number of amides is 2. The maximum Gasteiger partial charge on any atom is 0.265 e. The highest BCUT2D eigenvalue weighted by molar-refractivity contribution is 9.10. The molecule has 2 amide bonds. The summed E-state index contributed by atoms with van der Waals surface area (Å²) in [6, 6.07) is 13.5. The number of rotatable bonds is 5. The van der Waals surface area contributed by atoms with Gasteiger partial charge in [-0.2, -0.15) is 0 Å². The number of fused-ring (bicyclic) bond motifs is 2. The van der Waals surface area contributed by atoms with Gasteiger partial charge in [-0.15, -0.1) is 0 Å². The van der Waals surface area contributed by atoms with E-state index in [0.717, 1.165) is 27.4 Å². The molecule has 2 heterocycles. The molecule has 6 nitrogen and oxygen atoms in total. The smallest absolute Gasteiger partial charge is 0.265 e. The van der Waals surface area contributed by atoms with Crippen molar-refractivity contribution in [2.75, 3.05) is 24.6 Å². The summed E-state index contributed by atoms with van der Waals surface area (Å²) < 4.78 is 6.30. The van der Waals surface area contributed by atoms with Gasteiger partial charge >= 0.3 is 0 Å². The number of nitrogens with one attached hydrogen (secondary N) is 2. The largest absolute Gasteiger partial charge is 0.482 e. The van der Waals surface area contributed by atoms with Crippen LogP contribution in [0.4, 0.5) is 5.69 Å². The van der Waals surface area contributed by atoms with Crippen LogP contribution in [0.25, 0.3) is 10.9 Å². The van der Waals surface area contributed by atoms with Gasteiger partial charge in [-0.3, -0.25) is 14.5 Å². The highest BCUT2D eigenvalue weighted by Gasteiger charge is 2.27. The molecule has 0 bridgehead atoms. The van der Waals surface area contributed by atoms with Gasteiger partial charge in [-0.1, -0.05) is 34.1 Å². The van der Waals surface area contributed by atoms with Gasteiger partial charge in [-0.05, 0) is 36.2 Å². The lowest BCUT2D eigenvalue weighted by Gasteiger charge is -2.29. The van der Waals surface area contributed by atoms with E-state index in [2.05, 4.69) is 32.3 Å². The van der Waals surface area contributed by atoms with Gasteiger partial charge in [0.05, 0.1) is 5.69 Å². The van der Waals surface area contributed by atoms with Crippen molar-refractivity contribution in [2.24, 2.45) is 0 Å². The number of benzene rings is 2. The molecule has 2 aromatic carbocycles. The molecule has 0 aliphatic carbocycles. The zero-order chi connectivity index (χ0) is 18.8. The molecule has 0 atom stereocenters. The lowest BCUT2D eigenvalue weighted by molar-refractivity contribution is -0.125. The average Bonchev–Trinajstić information content (AvgIpc) is 3.07. The maximum atomic E-state index is 12.4.